The second kappa shape index (κ2) is 5.00. The molecule has 5 heteroatoms. The number of para-hydroxylation sites is 1. The highest BCUT2D eigenvalue weighted by Crippen LogP contribution is 2.40. The largest absolute Gasteiger partial charge is 0.444 e. The molecule has 2 aliphatic heterocycles. The van der Waals surface area contributed by atoms with Crippen LogP contribution in [-0.4, -0.2) is 35.6 Å². The van der Waals surface area contributed by atoms with Crippen LogP contribution in [0.1, 0.15) is 32.8 Å². The zero-order valence-electron chi connectivity index (χ0n) is 13.3. The molecule has 0 saturated carbocycles. The zero-order valence-corrected chi connectivity index (χ0v) is 13.3. The first kappa shape index (κ1) is 14.9. The van der Waals surface area contributed by atoms with Crippen molar-refractivity contribution in [1.29, 1.82) is 0 Å². The van der Waals surface area contributed by atoms with Crippen molar-refractivity contribution in [2.24, 2.45) is 5.41 Å². The Kier molecular flexibility index (Phi) is 3.38. The fourth-order valence-electron chi connectivity index (χ4n) is 3.18. The molecule has 1 fully saturated rings. The van der Waals surface area contributed by atoms with E-state index >= 15 is 0 Å². The van der Waals surface area contributed by atoms with E-state index in [1.54, 1.807) is 4.90 Å². The van der Waals surface area contributed by atoms with Crippen LogP contribution in [0, 0.1) is 5.41 Å². The van der Waals surface area contributed by atoms with Gasteiger partial charge in [0.15, 0.2) is 0 Å². The summed E-state index contributed by atoms with van der Waals surface area (Å²) in [5.41, 5.74) is 0.974. The van der Waals surface area contributed by atoms with Crippen molar-refractivity contribution in [3.05, 3.63) is 29.8 Å². The molecule has 2 aliphatic rings. The number of carbonyl (C=O) groups is 2. The van der Waals surface area contributed by atoms with Crippen LogP contribution in [0.25, 0.3) is 0 Å². The van der Waals surface area contributed by atoms with Gasteiger partial charge < -0.3 is 15.0 Å². The number of amides is 2. The smallest absolute Gasteiger partial charge is 0.410 e. The molecule has 1 N–H and O–H groups in total. The first-order valence-corrected chi connectivity index (χ1v) is 7.66. The number of hydrogen-bond acceptors (Lipinski definition) is 3. The van der Waals surface area contributed by atoms with Crippen LogP contribution in [0.2, 0.25) is 0 Å². The van der Waals surface area contributed by atoms with E-state index in [-0.39, 0.29) is 12.0 Å². The number of benzene rings is 1. The van der Waals surface area contributed by atoms with Crippen LogP contribution < -0.4 is 5.32 Å². The van der Waals surface area contributed by atoms with Crippen LogP contribution in [0.3, 0.4) is 0 Å². The van der Waals surface area contributed by atoms with Crippen molar-refractivity contribution in [3.8, 4) is 0 Å². The van der Waals surface area contributed by atoms with Gasteiger partial charge in [-0.25, -0.2) is 4.79 Å². The van der Waals surface area contributed by atoms with Crippen molar-refractivity contribution < 1.29 is 14.3 Å². The lowest BCUT2D eigenvalue weighted by Gasteiger charge is -2.33. The molecule has 5 nitrogen and oxygen atoms in total. The second-order valence-electron chi connectivity index (χ2n) is 7.22. The lowest BCUT2D eigenvalue weighted by atomic mass is 9.77. The number of anilines is 1. The Morgan fingerprint density at radius 2 is 2.05 bits per heavy atom. The predicted molar refractivity (Wildman–Crippen MR) is 83.6 cm³/mol. The van der Waals surface area contributed by atoms with Crippen molar-refractivity contribution in [1.82, 2.24) is 4.90 Å². The summed E-state index contributed by atoms with van der Waals surface area (Å²) in [6.45, 7) is 6.52. The Balaban J connectivity index is 1.77. The quantitative estimate of drug-likeness (QED) is 0.801. The molecule has 0 unspecified atom stereocenters. The maximum atomic E-state index is 12.5. The lowest BCUT2D eigenvalue weighted by Crippen LogP contribution is -2.45. The molecular weight excluding hydrogens is 280 g/mol. The summed E-state index contributed by atoms with van der Waals surface area (Å²) >= 11 is 0. The Labute approximate surface area is 130 Å². The van der Waals surface area contributed by atoms with E-state index in [0.717, 1.165) is 11.3 Å². The van der Waals surface area contributed by atoms with Gasteiger partial charge >= 0.3 is 6.09 Å². The molecule has 22 heavy (non-hydrogen) atoms. The van der Waals surface area contributed by atoms with E-state index in [4.69, 9.17) is 4.74 Å². The third-order valence-corrected chi connectivity index (χ3v) is 4.28. The highest BCUT2D eigenvalue weighted by molar-refractivity contribution is 5.99. The van der Waals surface area contributed by atoms with Gasteiger partial charge in [0, 0.05) is 18.8 Å². The predicted octanol–water partition coefficient (Wildman–Crippen LogP) is 2.81. The van der Waals surface area contributed by atoms with Gasteiger partial charge in [-0.15, -0.1) is 0 Å². The Morgan fingerprint density at radius 1 is 1.32 bits per heavy atom. The van der Waals surface area contributed by atoms with Crippen LogP contribution in [-0.2, 0) is 16.0 Å². The average Bonchev–Trinajstić information content (AvgIpc) is 2.84. The zero-order chi connectivity index (χ0) is 16.0. The van der Waals surface area contributed by atoms with Crippen molar-refractivity contribution in [3.63, 3.8) is 0 Å². The number of likely N-dealkylation sites (tertiary alicyclic amines) is 1. The summed E-state index contributed by atoms with van der Waals surface area (Å²) in [5, 5.41) is 2.98. The van der Waals surface area contributed by atoms with E-state index in [1.165, 1.54) is 0 Å². The molecule has 0 bridgehead atoms. The Morgan fingerprint density at radius 3 is 2.77 bits per heavy atom. The lowest BCUT2D eigenvalue weighted by molar-refractivity contribution is -0.125. The molecule has 118 valence electrons. The topological polar surface area (TPSA) is 58.6 Å². The van der Waals surface area contributed by atoms with Gasteiger partial charge in [0.1, 0.15) is 5.60 Å². The van der Waals surface area contributed by atoms with Gasteiger partial charge in [-0.05, 0) is 45.2 Å². The average molecular weight is 302 g/mol. The SMILES string of the molecule is CC(C)(C)OC(=O)N1CC[C@]2(Cc3ccccc3NC2=O)C1. The van der Waals surface area contributed by atoms with Crippen LogP contribution in [0.5, 0.6) is 0 Å². The van der Waals surface area contributed by atoms with E-state index in [2.05, 4.69) is 5.32 Å². The summed E-state index contributed by atoms with van der Waals surface area (Å²) in [7, 11) is 0. The maximum absolute atomic E-state index is 12.5. The fourth-order valence-corrected chi connectivity index (χ4v) is 3.18. The van der Waals surface area contributed by atoms with E-state index in [9.17, 15) is 9.59 Å². The third-order valence-electron chi connectivity index (χ3n) is 4.28. The number of carbonyl (C=O) groups excluding carboxylic acids is 2. The highest BCUT2D eigenvalue weighted by Gasteiger charge is 2.49. The van der Waals surface area contributed by atoms with Crippen LogP contribution in [0.15, 0.2) is 24.3 Å². The van der Waals surface area contributed by atoms with Crippen molar-refractivity contribution in [2.45, 2.75) is 39.2 Å². The van der Waals surface area contributed by atoms with Gasteiger partial charge in [0.05, 0.1) is 5.41 Å². The number of fused-ring (bicyclic) bond motifs is 1. The first-order valence-electron chi connectivity index (χ1n) is 7.66. The maximum Gasteiger partial charge on any atom is 0.410 e. The van der Waals surface area contributed by atoms with Gasteiger partial charge in [-0.2, -0.15) is 0 Å². The van der Waals surface area contributed by atoms with E-state index in [0.29, 0.717) is 25.9 Å². The normalized spacial score (nSPS) is 24.1. The van der Waals surface area contributed by atoms with Gasteiger partial charge in [-0.3, -0.25) is 4.79 Å². The van der Waals surface area contributed by atoms with E-state index in [1.807, 2.05) is 45.0 Å². The molecule has 0 radical (unpaired) electrons. The first-order chi connectivity index (χ1) is 10.3. The number of ether oxygens (including phenoxy) is 1. The van der Waals surface area contributed by atoms with Crippen LogP contribution >= 0.6 is 0 Å². The van der Waals surface area contributed by atoms with Gasteiger partial charge in [-0.1, -0.05) is 18.2 Å². The monoisotopic (exact) mass is 302 g/mol. The molecule has 1 aromatic carbocycles. The van der Waals surface area contributed by atoms with Crippen molar-refractivity contribution >= 4 is 17.7 Å². The minimum atomic E-state index is -0.523. The number of hydrogen-bond donors (Lipinski definition) is 1. The fraction of sp³-hybridized carbons (Fsp3) is 0.529. The molecule has 0 aromatic heterocycles. The molecule has 1 aromatic rings. The summed E-state index contributed by atoms with van der Waals surface area (Å²) in [5.74, 6) is 0.0114. The minimum Gasteiger partial charge on any atom is -0.444 e. The number of nitrogens with one attached hydrogen (secondary N) is 1. The third kappa shape index (κ3) is 2.67. The number of nitrogens with zero attached hydrogens (tertiary/aromatic N) is 1. The number of rotatable bonds is 0. The van der Waals surface area contributed by atoms with Crippen LogP contribution in [0.4, 0.5) is 10.5 Å². The summed E-state index contributed by atoms with van der Waals surface area (Å²) in [6.07, 6.45) is 1.01. The molecule has 2 amide bonds. The summed E-state index contributed by atoms with van der Waals surface area (Å²) in [6, 6.07) is 7.84. The molecule has 3 rings (SSSR count). The summed E-state index contributed by atoms with van der Waals surface area (Å²) in [4.78, 5) is 26.4. The Bertz CT molecular complexity index is 621. The highest BCUT2D eigenvalue weighted by atomic mass is 16.6. The minimum absolute atomic E-state index is 0.0114. The molecule has 1 saturated heterocycles. The molecule has 0 aliphatic carbocycles. The van der Waals surface area contributed by atoms with E-state index < -0.39 is 11.0 Å². The molecular formula is C17H22N2O3. The van der Waals surface area contributed by atoms with Gasteiger partial charge in [0.2, 0.25) is 5.91 Å². The summed E-state index contributed by atoms with van der Waals surface area (Å²) < 4.78 is 5.42. The molecule has 2 heterocycles. The van der Waals surface area contributed by atoms with Crippen molar-refractivity contribution in [2.75, 3.05) is 18.4 Å². The van der Waals surface area contributed by atoms with Gasteiger partial charge in [0.25, 0.3) is 0 Å². The Hall–Kier alpha value is -2.04. The molecule has 1 atom stereocenters. The standard InChI is InChI=1S/C17H22N2O3/c1-16(2,3)22-15(21)19-9-8-17(11-19)10-12-6-4-5-7-13(12)18-14(17)20/h4-7H,8-11H2,1-3H3,(H,18,20)/t17-/m0/s1. The molecule has 1 spiro atoms. The second-order valence-corrected chi connectivity index (χ2v) is 7.22.